The minimum atomic E-state index is 1.12. The van der Waals surface area contributed by atoms with E-state index in [1.165, 1.54) is 24.0 Å². The van der Waals surface area contributed by atoms with Crippen LogP contribution in [0.3, 0.4) is 0 Å². The molecule has 1 radical (unpaired) electrons. The molecular weight excluding hydrogens is 132 g/mol. The quantitative estimate of drug-likeness (QED) is 0.616. The summed E-state index contributed by atoms with van der Waals surface area (Å²) in [5, 5.41) is 0. The first-order valence-corrected chi connectivity index (χ1v) is 4.35. The summed E-state index contributed by atoms with van der Waals surface area (Å²) < 4.78 is 0. The van der Waals surface area contributed by atoms with Crippen LogP contribution in [0, 0.1) is 6.07 Å². The highest BCUT2D eigenvalue weighted by molar-refractivity contribution is 5.22. The van der Waals surface area contributed by atoms with Crippen LogP contribution in [0.25, 0.3) is 0 Å². The van der Waals surface area contributed by atoms with E-state index < -0.39 is 0 Å². The summed E-state index contributed by atoms with van der Waals surface area (Å²) in [6.45, 7) is 4.39. The maximum absolute atomic E-state index is 3.17. The van der Waals surface area contributed by atoms with Crippen LogP contribution in [0.4, 0.5) is 0 Å². The van der Waals surface area contributed by atoms with Gasteiger partial charge in [0.25, 0.3) is 0 Å². The van der Waals surface area contributed by atoms with E-state index in [4.69, 9.17) is 0 Å². The van der Waals surface area contributed by atoms with Gasteiger partial charge in [0.1, 0.15) is 0 Å². The summed E-state index contributed by atoms with van der Waals surface area (Å²) in [5.41, 5.74) is 2.82. The molecule has 0 saturated carbocycles. The Morgan fingerprint density at radius 3 is 2.55 bits per heavy atom. The third-order valence-corrected chi connectivity index (χ3v) is 1.86. The van der Waals surface area contributed by atoms with Gasteiger partial charge in [-0.3, -0.25) is 0 Å². The average molecular weight is 147 g/mol. The van der Waals surface area contributed by atoms with Gasteiger partial charge in [0.2, 0.25) is 0 Å². The summed E-state index contributed by atoms with van der Waals surface area (Å²) in [5.74, 6) is 0. The van der Waals surface area contributed by atoms with E-state index in [0.29, 0.717) is 0 Å². The minimum Gasteiger partial charge on any atom is -0.0651 e. The maximum Gasteiger partial charge on any atom is -0.0178 e. The Morgan fingerprint density at radius 2 is 1.91 bits per heavy atom. The molecular formula is C11H15. The van der Waals surface area contributed by atoms with E-state index >= 15 is 0 Å². The molecule has 0 bridgehead atoms. The topological polar surface area (TPSA) is 0 Å². The third-order valence-electron chi connectivity index (χ3n) is 1.86. The average Bonchev–Trinajstić information content (AvgIpc) is 2.06. The van der Waals surface area contributed by atoms with Crippen molar-refractivity contribution in [1.29, 1.82) is 0 Å². The van der Waals surface area contributed by atoms with Crippen LogP contribution in [0.1, 0.15) is 31.4 Å². The van der Waals surface area contributed by atoms with E-state index in [1.54, 1.807) is 0 Å². The van der Waals surface area contributed by atoms with Crippen molar-refractivity contribution >= 4 is 0 Å². The molecule has 0 N–H and O–H groups in total. The molecule has 0 atom stereocenters. The standard InChI is InChI=1S/C11H15/c1-3-6-11-8-5-7-10(4-2)9-11/h7-9H,3-4,6H2,1-2H3. The molecule has 0 aliphatic rings. The summed E-state index contributed by atoms with van der Waals surface area (Å²) in [7, 11) is 0. The number of benzene rings is 1. The van der Waals surface area contributed by atoms with E-state index in [9.17, 15) is 0 Å². The molecule has 0 heterocycles. The highest BCUT2D eigenvalue weighted by atomic mass is 14.0. The second-order valence-electron chi connectivity index (χ2n) is 2.85. The van der Waals surface area contributed by atoms with E-state index in [1.807, 2.05) is 0 Å². The fourth-order valence-electron chi connectivity index (χ4n) is 1.21. The first kappa shape index (κ1) is 8.32. The molecule has 1 rings (SSSR count). The Labute approximate surface area is 69.3 Å². The van der Waals surface area contributed by atoms with Crippen LogP contribution in [0.5, 0.6) is 0 Å². The fourth-order valence-corrected chi connectivity index (χ4v) is 1.21. The molecule has 0 spiro atoms. The number of rotatable bonds is 3. The highest BCUT2D eigenvalue weighted by Crippen LogP contribution is 2.06. The van der Waals surface area contributed by atoms with Gasteiger partial charge in [0.05, 0.1) is 0 Å². The molecule has 1 aromatic carbocycles. The molecule has 11 heavy (non-hydrogen) atoms. The largest absolute Gasteiger partial charge is 0.0651 e. The van der Waals surface area contributed by atoms with Crippen molar-refractivity contribution in [1.82, 2.24) is 0 Å². The lowest BCUT2D eigenvalue weighted by molar-refractivity contribution is 0.917. The third kappa shape index (κ3) is 2.38. The smallest absolute Gasteiger partial charge is 0.0178 e. The van der Waals surface area contributed by atoms with Crippen LogP contribution >= 0.6 is 0 Å². The zero-order chi connectivity index (χ0) is 8.10. The van der Waals surface area contributed by atoms with E-state index in [-0.39, 0.29) is 0 Å². The van der Waals surface area contributed by atoms with Gasteiger partial charge in [-0.05, 0) is 30.0 Å². The van der Waals surface area contributed by atoms with Crippen LogP contribution in [-0.4, -0.2) is 0 Å². The van der Waals surface area contributed by atoms with Crippen molar-refractivity contribution in [2.45, 2.75) is 33.1 Å². The fraction of sp³-hybridized carbons (Fsp3) is 0.455. The Balaban J connectivity index is 2.74. The SMILES string of the molecule is CCCc1c[c]cc(CC)c1. The predicted molar refractivity (Wildman–Crippen MR) is 48.7 cm³/mol. The van der Waals surface area contributed by atoms with Crippen molar-refractivity contribution in [2.24, 2.45) is 0 Å². The molecule has 0 nitrogen and oxygen atoms in total. The second-order valence-corrected chi connectivity index (χ2v) is 2.85. The van der Waals surface area contributed by atoms with Crippen molar-refractivity contribution in [3.63, 3.8) is 0 Å². The van der Waals surface area contributed by atoms with Crippen LogP contribution in [-0.2, 0) is 12.8 Å². The lowest BCUT2D eigenvalue weighted by atomic mass is 10.1. The Kier molecular flexibility index (Phi) is 3.15. The molecule has 0 aliphatic heterocycles. The first-order valence-electron chi connectivity index (χ1n) is 4.35. The summed E-state index contributed by atoms with van der Waals surface area (Å²) >= 11 is 0. The molecule has 0 heteroatoms. The van der Waals surface area contributed by atoms with Gasteiger partial charge in [0, 0.05) is 0 Å². The summed E-state index contributed by atoms with van der Waals surface area (Å²) in [4.78, 5) is 0. The first-order chi connectivity index (χ1) is 5.36. The minimum absolute atomic E-state index is 1.12. The monoisotopic (exact) mass is 147 g/mol. The summed E-state index contributed by atoms with van der Waals surface area (Å²) in [6, 6.07) is 9.60. The predicted octanol–water partition coefficient (Wildman–Crippen LogP) is 3.00. The zero-order valence-electron chi connectivity index (χ0n) is 7.35. The van der Waals surface area contributed by atoms with E-state index in [0.717, 1.165) is 6.42 Å². The molecule has 0 aliphatic carbocycles. The van der Waals surface area contributed by atoms with Crippen LogP contribution in [0.15, 0.2) is 18.2 Å². The number of hydrogen-bond donors (Lipinski definition) is 0. The molecule has 59 valence electrons. The van der Waals surface area contributed by atoms with Crippen molar-refractivity contribution in [3.05, 3.63) is 35.4 Å². The van der Waals surface area contributed by atoms with E-state index in [2.05, 4.69) is 38.1 Å². The Bertz CT molecular complexity index is 213. The van der Waals surface area contributed by atoms with Crippen LogP contribution in [0.2, 0.25) is 0 Å². The molecule has 0 fully saturated rings. The van der Waals surface area contributed by atoms with Crippen molar-refractivity contribution < 1.29 is 0 Å². The van der Waals surface area contributed by atoms with Crippen LogP contribution < -0.4 is 0 Å². The van der Waals surface area contributed by atoms with Gasteiger partial charge in [-0.25, -0.2) is 0 Å². The van der Waals surface area contributed by atoms with Crippen molar-refractivity contribution in [3.8, 4) is 0 Å². The molecule has 0 amide bonds. The lowest BCUT2D eigenvalue weighted by Gasteiger charge is -2.00. The molecule has 1 aromatic rings. The van der Waals surface area contributed by atoms with Gasteiger partial charge in [-0.2, -0.15) is 0 Å². The van der Waals surface area contributed by atoms with Gasteiger partial charge in [0.15, 0.2) is 0 Å². The molecule has 0 saturated heterocycles. The van der Waals surface area contributed by atoms with Crippen molar-refractivity contribution in [2.75, 3.05) is 0 Å². The number of aryl methyl sites for hydroxylation is 2. The van der Waals surface area contributed by atoms with Gasteiger partial charge in [-0.1, -0.05) is 38.5 Å². The zero-order valence-corrected chi connectivity index (χ0v) is 7.35. The highest BCUT2D eigenvalue weighted by Gasteiger charge is 1.92. The normalized spacial score (nSPS) is 10.0. The second kappa shape index (κ2) is 4.17. The number of hydrogen-bond acceptors (Lipinski definition) is 0. The lowest BCUT2D eigenvalue weighted by Crippen LogP contribution is -1.85. The molecule has 0 unspecified atom stereocenters. The van der Waals surface area contributed by atoms with Gasteiger partial charge in [-0.15, -0.1) is 0 Å². The Hall–Kier alpha value is -0.780. The van der Waals surface area contributed by atoms with Gasteiger partial charge >= 0.3 is 0 Å². The maximum atomic E-state index is 3.17. The Morgan fingerprint density at radius 1 is 1.18 bits per heavy atom. The molecule has 0 aromatic heterocycles. The van der Waals surface area contributed by atoms with Gasteiger partial charge < -0.3 is 0 Å². The summed E-state index contributed by atoms with van der Waals surface area (Å²) in [6.07, 6.45) is 3.53.